The minimum absolute atomic E-state index is 0.226. The van der Waals surface area contributed by atoms with Crippen molar-refractivity contribution in [1.82, 2.24) is 19.1 Å². The van der Waals surface area contributed by atoms with Crippen LogP contribution in [-0.2, 0) is 14.8 Å². The van der Waals surface area contributed by atoms with E-state index in [0.29, 0.717) is 32.1 Å². The van der Waals surface area contributed by atoms with Crippen LogP contribution in [-0.4, -0.2) is 59.5 Å². The molecule has 1 aromatic carbocycles. The smallest absolute Gasteiger partial charge is 0.243 e. The van der Waals surface area contributed by atoms with Crippen molar-refractivity contribution in [3.63, 3.8) is 0 Å². The van der Waals surface area contributed by atoms with E-state index < -0.39 is 10.0 Å². The summed E-state index contributed by atoms with van der Waals surface area (Å²) < 4.78 is 34.8. The van der Waals surface area contributed by atoms with Gasteiger partial charge in [0, 0.05) is 24.7 Å². The molecular weight excluding hydrogens is 384 g/mol. The summed E-state index contributed by atoms with van der Waals surface area (Å²) in [5, 5.41) is 9.57. The highest BCUT2D eigenvalue weighted by atomic mass is 32.2. The van der Waals surface area contributed by atoms with Crippen LogP contribution < -0.4 is 0 Å². The number of sulfonamides is 1. The fourth-order valence-electron chi connectivity index (χ4n) is 3.01. The molecule has 1 saturated heterocycles. The molecule has 1 aromatic heterocycles. The van der Waals surface area contributed by atoms with Crippen molar-refractivity contribution in [3.8, 4) is 11.4 Å². The summed E-state index contributed by atoms with van der Waals surface area (Å²) >= 11 is 1.64. The molecule has 2 aromatic rings. The van der Waals surface area contributed by atoms with Crippen LogP contribution in [0.25, 0.3) is 11.4 Å². The highest BCUT2D eigenvalue weighted by Crippen LogP contribution is 2.30. The monoisotopic (exact) mass is 410 g/mol. The minimum atomic E-state index is -3.54. The number of ether oxygens (including phenoxy) is 1. The Balaban J connectivity index is 2.01. The molecule has 148 valence electrons. The summed E-state index contributed by atoms with van der Waals surface area (Å²) in [6.07, 6.45) is 0.939. The van der Waals surface area contributed by atoms with Gasteiger partial charge in [0.25, 0.3) is 0 Å². The Bertz CT molecular complexity index is 876. The van der Waals surface area contributed by atoms with Gasteiger partial charge in [-0.05, 0) is 31.2 Å². The summed E-state index contributed by atoms with van der Waals surface area (Å²) in [7, 11) is -3.54. The van der Waals surface area contributed by atoms with Crippen LogP contribution >= 0.6 is 11.8 Å². The van der Waals surface area contributed by atoms with Gasteiger partial charge in [-0.25, -0.2) is 8.42 Å². The maximum absolute atomic E-state index is 13.0. The first kappa shape index (κ1) is 20.3. The molecule has 1 atom stereocenters. The number of benzene rings is 1. The van der Waals surface area contributed by atoms with E-state index >= 15 is 0 Å². The van der Waals surface area contributed by atoms with Gasteiger partial charge in [-0.15, -0.1) is 10.2 Å². The van der Waals surface area contributed by atoms with Crippen LogP contribution in [0.5, 0.6) is 0 Å². The Labute approximate surface area is 165 Å². The van der Waals surface area contributed by atoms with Crippen molar-refractivity contribution < 1.29 is 13.2 Å². The Morgan fingerprint density at radius 1 is 1.22 bits per heavy atom. The highest BCUT2D eigenvalue weighted by Gasteiger charge is 2.27. The van der Waals surface area contributed by atoms with E-state index in [1.54, 1.807) is 30.0 Å². The van der Waals surface area contributed by atoms with Gasteiger partial charge in [0.05, 0.1) is 18.1 Å². The van der Waals surface area contributed by atoms with E-state index in [2.05, 4.69) is 35.5 Å². The van der Waals surface area contributed by atoms with E-state index in [0.717, 1.165) is 22.9 Å². The predicted molar refractivity (Wildman–Crippen MR) is 106 cm³/mol. The Morgan fingerprint density at radius 3 is 2.63 bits per heavy atom. The fraction of sp³-hybridized carbons (Fsp3) is 0.556. The third kappa shape index (κ3) is 4.21. The molecule has 1 aliphatic rings. The van der Waals surface area contributed by atoms with Gasteiger partial charge in [-0.1, -0.05) is 37.7 Å². The van der Waals surface area contributed by atoms with Gasteiger partial charge in [0.2, 0.25) is 10.0 Å². The van der Waals surface area contributed by atoms with Crippen LogP contribution in [0, 0.1) is 0 Å². The Morgan fingerprint density at radius 2 is 1.96 bits per heavy atom. The molecule has 0 radical (unpaired) electrons. The number of aromatic nitrogens is 3. The molecule has 27 heavy (non-hydrogen) atoms. The Kier molecular flexibility index (Phi) is 6.56. The first-order chi connectivity index (χ1) is 13.0. The second-order valence-electron chi connectivity index (χ2n) is 6.41. The maximum Gasteiger partial charge on any atom is 0.243 e. The standard InChI is InChI=1S/C18H26N4O3S2/c1-4-14(3)22-17(19-20-18(22)26-5-2)15-7-6-8-16(13-15)27(23,24)21-9-11-25-12-10-21/h6-8,13-14H,4-5,9-12H2,1-3H3. The van der Waals surface area contributed by atoms with Gasteiger partial charge < -0.3 is 4.74 Å². The highest BCUT2D eigenvalue weighted by molar-refractivity contribution is 7.99. The molecule has 0 amide bonds. The fourth-order valence-corrected chi connectivity index (χ4v) is 5.23. The van der Waals surface area contributed by atoms with Crippen molar-refractivity contribution in [2.75, 3.05) is 32.1 Å². The molecule has 1 fully saturated rings. The van der Waals surface area contributed by atoms with Gasteiger partial charge in [-0.3, -0.25) is 4.57 Å². The zero-order valence-electron chi connectivity index (χ0n) is 16.0. The zero-order chi connectivity index (χ0) is 19.4. The molecule has 0 spiro atoms. The molecule has 1 aliphatic heterocycles. The van der Waals surface area contributed by atoms with E-state index in [4.69, 9.17) is 4.74 Å². The first-order valence-corrected chi connectivity index (χ1v) is 11.7. The lowest BCUT2D eigenvalue weighted by Crippen LogP contribution is -2.40. The predicted octanol–water partition coefficient (Wildman–Crippen LogP) is 3.05. The molecule has 0 bridgehead atoms. The number of rotatable bonds is 7. The zero-order valence-corrected chi connectivity index (χ0v) is 17.6. The van der Waals surface area contributed by atoms with Crippen LogP contribution in [0.2, 0.25) is 0 Å². The summed E-state index contributed by atoms with van der Waals surface area (Å²) in [4.78, 5) is 0.283. The average Bonchev–Trinajstić information content (AvgIpc) is 3.12. The van der Waals surface area contributed by atoms with Crippen LogP contribution in [0.1, 0.15) is 33.2 Å². The molecule has 0 aliphatic carbocycles. The first-order valence-electron chi connectivity index (χ1n) is 9.25. The van der Waals surface area contributed by atoms with Gasteiger partial charge in [0.1, 0.15) is 0 Å². The lowest BCUT2D eigenvalue weighted by atomic mass is 10.2. The molecular formula is C18H26N4O3S2. The van der Waals surface area contributed by atoms with Crippen molar-refractivity contribution in [1.29, 1.82) is 0 Å². The number of hydrogen-bond acceptors (Lipinski definition) is 6. The minimum Gasteiger partial charge on any atom is -0.379 e. The van der Waals surface area contributed by atoms with Gasteiger partial charge in [0.15, 0.2) is 11.0 Å². The van der Waals surface area contributed by atoms with Crippen molar-refractivity contribution >= 4 is 21.8 Å². The number of hydrogen-bond donors (Lipinski definition) is 0. The maximum atomic E-state index is 13.0. The van der Waals surface area contributed by atoms with Gasteiger partial charge in [-0.2, -0.15) is 4.31 Å². The van der Waals surface area contributed by atoms with E-state index in [-0.39, 0.29) is 10.9 Å². The van der Waals surface area contributed by atoms with Crippen LogP contribution in [0.3, 0.4) is 0 Å². The summed E-state index contributed by atoms with van der Waals surface area (Å²) in [6, 6.07) is 7.23. The van der Waals surface area contributed by atoms with E-state index in [1.165, 1.54) is 4.31 Å². The topological polar surface area (TPSA) is 77.3 Å². The lowest BCUT2D eigenvalue weighted by molar-refractivity contribution is 0.0730. The molecule has 2 heterocycles. The number of morpholine rings is 1. The number of nitrogens with zero attached hydrogens (tertiary/aromatic N) is 4. The number of thioether (sulfide) groups is 1. The van der Waals surface area contributed by atoms with Crippen molar-refractivity contribution in [2.45, 2.75) is 43.3 Å². The third-order valence-electron chi connectivity index (χ3n) is 4.67. The van der Waals surface area contributed by atoms with Crippen LogP contribution in [0.15, 0.2) is 34.3 Å². The summed E-state index contributed by atoms with van der Waals surface area (Å²) in [5.41, 5.74) is 0.764. The lowest BCUT2D eigenvalue weighted by Gasteiger charge is -2.26. The Hall–Kier alpha value is -1.42. The summed E-state index contributed by atoms with van der Waals surface area (Å²) in [6.45, 7) is 7.95. The molecule has 0 saturated carbocycles. The molecule has 0 N–H and O–H groups in total. The van der Waals surface area contributed by atoms with Crippen molar-refractivity contribution in [3.05, 3.63) is 24.3 Å². The molecule has 9 heteroatoms. The van der Waals surface area contributed by atoms with Crippen molar-refractivity contribution in [2.24, 2.45) is 0 Å². The molecule has 7 nitrogen and oxygen atoms in total. The van der Waals surface area contributed by atoms with Gasteiger partial charge >= 0.3 is 0 Å². The molecule has 3 rings (SSSR count). The molecule has 1 unspecified atom stereocenters. The normalized spacial score (nSPS) is 17.1. The van der Waals surface area contributed by atoms with E-state index in [9.17, 15) is 8.42 Å². The quantitative estimate of drug-likeness (QED) is 0.653. The van der Waals surface area contributed by atoms with E-state index in [1.807, 2.05) is 6.07 Å². The average molecular weight is 411 g/mol. The van der Waals surface area contributed by atoms with Crippen LogP contribution in [0.4, 0.5) is 0 Å². The third-order valence-corrected chi connectivity index (χ3v) is 7.39. The second-order valence-corrected chi connectivity index (χ2v) is 9.58. The second kappa shape index (κ2) is 8.72. The largest absolute Gasteiger partial charge is 0.379 e. The summed E-state index contributed by atoms with van der Waals surface area (Å²) in [5.74, 6) is 1.61. The SMILES string of the molecule is CCSc1nnc(-c2cccc(S(=O)(=O)N3CCOCC3)c2)n1C(C)CC.